The van der Waals surface area contributed by atoms with E-state index in [2.05, 4.69) is 0 Å². The number of aliphatic hydroxyl groups is 1. The summed E-state index contributed by atoms with van der Waals surface area (Å²) >= 11 is 5.74. The van der Waals surface area contributed by atoms with E-state index in [1.807, 2.05) is 36.4 Å². The van der Waals surface area contributed by atoms with Gasteiger partial charge >= 0.3 is 5.97 Å². The molecule has 0 saturated heterocycles. The number of hydrogen-bond donors (Lipinski definition) is 1. The number of alkyl halides is 1. The molecule has 0 radical (unpaired) electrons. The minimum atomic E-state index is -0.975. The molecule has 0 aromatic heterocycles. The number of aryl methyl sites for hydroxylation is 1. The molecule has 1 aliphatic carbocycles. The highest BCUT2D eigenvalue weighted by Gasteiger charge is 2.22. The Morgan fingerprint density at radius 2 is 2.04 bits per heavy atom. The largest absolute Gasteiger partial charge is 0.461 e. The van der Waals surface area contributed by atoms with Crippen LogP contribution >= 0.6 is 11.6 Å². The van der Waals surface area contributed by atoms with Crippen LogP contribution in [-0.2, 0) is 11.2 Å². The van der Waals surface area contributed by atoms with E-state index in [9.17, 15) is 9.90 Å². The summed E-state index contributed by atoms with van der Waals surface area (Å²) in [5.41, 5.74) is 2.69. The molecule has 0 heterocycles. The van der Waals surface area contributed by atoms with Crippen LogP contribution in [0.4, 0.5) is 0 Å². The monoisotopic (exact) mass is 330 g/mol. The van der Waals surface area contributed by atoms with Gasteiger partial charge in [-0.15, -0.1) is 0 Å². The van der Waals surface area contributed by atoms with Gasteiger partial charge in [0.2, 0.25) is 0 Å². The van der Waals surface area contributed by atoms with Crippen molar-refractivity contribution in [1.29, 1.82) is 0 Å². The number of carbonyl (C=O) groups excluding carboxylic acids is 1. The van der Waals surface area contributed by atoms with Crippen LogP contribution in [0.1, 0.15) is 51.4 Å². The molecule has 0 fully saturated rings. The lowest BCUT2D eigenvalue weighted by Crippen LogP contribution is -2.18. The van der Waals surface area contributed by atoms with Crippen LogP contribution < -0.4 is 0 Å². The molecule has 1 N–H and O–H groups in total. The molecule has 0 bridgehead atoms. The zero-order chi connectivity index (χ0) is 16.2. The first kappa shape index (κ1) is 16.0. The fraction of sp³-hybridized carbons (Fsp3) is 0.316. The predicted molar refractivity (Wildman–Crippen MR) is 89.7 cm³/mol. The second-order valence-electron chi connectivity index (χ2n) is 5.85. The average Bonchev–Trinajstić information content (AvgIpc) is 2.59. The van der Waals surface area contributed by atoms with Crippen LogP contribution in [0, 0.1) is 0 Å². The standard InChI is InChI=1S/C19H19ClO3/c20-18(21)15-9-10-17-14(11-15)7-4-8-16(17)12-23-19(22)13-5-2-1-3-6-13/h1-3,5-6,9-11,16,18,21H,4,7-8,12H2/t16?,18-/m1/s1. The third-order valence-electron chi connectivity index (χ3n) is 4.31. The van der Waals surface area contributed by atoms with Gasteiger partial charge < -0.3 is 9.84 Å². The SMILES string of the molecule is O=C(OCC1CCCc2cc([C@@H](O)Cl)ccc21)c1ccccc1. The van der Waals surface area contributed by atoms with Gasteiger partial charge in [0.15, 0.2) is 5.56 Å². The minimum Gasteiger partial charge on any atom is -0.461 e. The summed E-state index contributed by atoms with van der Waals surface area (Å²) < 4.78 is 5.49. The van der Waals surface area contributed by atoms with Crippen molar-refractivity contribution in [3.05, 3.63) is 70.8 Å². The molecule has 0 amide bonds. The molecule has 4 heteroatoms. The summed E-state index contributed by atoms with van der Waals surface area (Å²) in [5, 5.41) is 9.49. The topological polar surface area (TPSA) is 46.5 Å². The van der Waals surface area contributed by atoms with E-state index in [1.54, 1.807) is 12.1 Å². The first-order valence-electron chi connectivity index (χ1n) is 7.82. The lowest BCUT2D eigenvalue weighted by Gasteiger charge is -2.26. The predicted octanol–water partition coefficient (Wildman–Crippen LogP) is 4.19. The van der Waals surface area contributed by atoms with Crippen LogP contribution in [0.5, 0.6) is 0 Å². The molecule has 2 aromatic carbocycles. The van der Waals surface area contributed by atoms with E-state index in [4.69, 9.17) is 16.3 Å². The molecule has 0 aliphatic heterocycles. The van der Waals surface area contributed by atoms with Gasteiger partial charge in [-0.2, -0.15) is 0 Å². The van der Waals surface area contributed by atoms with Crippen molar-refractivity contribution in [2.24, 2.45) is 0 Å². The van der Waals surface area contributed by atoms with Gasteiger partial charge in [0.05, 0.1) is 12.2 Å². The number of carbonyl (C=O) groups is 1. The smallest absolute Gasteiger partial charge is 0.338 e. The number of fused-ring (bicyclic) bond motifs is 1. The molecule has 3 rings (SSSR count). The maximum Gasteiger partial charge on any atom is 0.338 e. The fourth-order valence-corrected chi connectivity index (χ4v) is 3.23. The molecule has 1 unspecified atom stereocenters. The quantitative estimate of drug-likeness (QED) is 0.675. The molecule has 0 spiro atoms. The molecule has 120 valence electrons. The van der Waals surface area contributed by atoms with Crippen molar-refractivity contribution >= 4 is 17.6 Å². The highest BCUT2D eigenvalue weighted by Crippen LogP contribution is 2.34. The summed E-state index contributed by atoms with van der Waals surface area (Å²) in [7, 11) is 0. The van der Waals surface area contributed by atoms with Gasteiger partial charge in [0.1, 0.15) is 0 Å². The first-order valence-corrected chi connectivity index (χ1v) is 8.26. The Morgan fingerprint density at radius 3 is 2.78 bits per heavy atom. The summed E-state index contributed by atoms with van der Waals surface area (Å²) in [6.45, 7) is 0.378. The summed E-state index contributed by atoms with van der Waals surface area (Å²) in [5.74, 6) is -0.0848. The average molecular weight is 331 g/mol. The van der Waals surface area contributed by atoms with Crippen molar-refractivity contribution in [3.63, 3.8) is 0 Å². The molecule has 1 aliphatic rings. The van der Waals surface area contributed by atoms with E-state index >= 15 is 0 Å². The highest BCUT2D eigenvalue weighted by atomic mass is 35.5. The number of rotatable bonds is 4. The van der Waals surface area contributed by atoms with Crippen molar-refractivity contribution < 1.29 is 14.6 Å². The number of halogens is 1. The molecule has 0 saturated carbocycles. The number of aliphatic hydroxyl groups excluding tert-OH is 1. The normalized spacial score (nSPS) is 18.1. The van der Waals surface area contributed by atoms with E-state index in [0.29, 0.717) is 17.7 Å². The van der Waals surface area contributed by atoms with Gasteiger partial charge in [-0.3, -0.25) is 0 Å². The minimum absolute atomic E-state index is 0.202. The second-order valence-corrected chi connectivity index (χ2v) is 6.26. The molecular weight excluding hydrogens is 312 g/mol. The molecule has 2 aromatic rings. The Kier molecular flexibility index (Phi) is 4.99. The van der Waals surface area contributed by atoms with Gasteiger partial charge in [0.25, 0.3) is 0 Å². The maximum absolute atomic E-state index is 12.1. The van der Waals surface area contributed by atoms with Gasteiger partial charge in [-0.1, -0.05) is 48.0 Å². The third-order valence-corrected chi connectivity index (χ3v) is 4.56. The number of esters is 1. The molecule has 3 nitrogen and oxygen atoms in total. The lowest BCUT2D eigenvalue weighted by atomic mass is 9.82. The highest BCUT2D eigenvalue weighted by molar-refractivity contribution is 6.19. The fourth-order valence-electron chi connectivity index (χ4n) is 3.09. The van der Waals surface area contributed by atoms with Crippen LogP contribution in [0.25, 0.3) is 0 Å². The third kappa shape index (κ3) is 3.74. The number of hydrogen-bond acceptors (Lipinski definition) is 3. The first-order chi connectivity index (χ1) is 11.1. The van der Waals surface area contributed by atoms with Gasteiger partial charge in [-0.05, 0) is 48.1 Å². The number of benzene rings is 2. The number of ether oxygens (including phenoxy) is 1. The van der Waals surface area contributed by atoms with Crippen LogP contribution in [0.15, 0.2) is 48.5 Å². The van der Waals surface area contributed by atoms with Crippen molar-refractivity contribution in [1.82, 2.24) is 0 Å². The Balaban J connectivity index is 1.70. The Hall–Kier alpha value is -1.84. The Labute approximate surface area is 140 Å². The van der Waals surface area contributed by atoms with Gasteiger partial charge in [0, 0.05) is 5.92 Å². The Morgan fingerprint density at radius 1 is 1.26 bits per heavy atom. The Bertz CT molecular complexity index is 682. The van der Waals surface area contributed by atoms with Crippen molar-refractivity contribution in [2.75, 3.05) is 6.61 Å². The van der Waals surface area contributed by atoms with E-state index < -0.39 is 5.56 Å². The zero-order valence-corrected chi connectivity index (χ0v) is 13.5. The second kappa shape index (κ2) is 7.16. The molecule has 23 heavy (non-hydrogen) atoms. The van der Waals surface area contributed by atoms with E-state index in [0.717, 1.165) is 19.3 Å². The van der Waals surface area contributed by atoms with Crippen LogP contribution in [-0.4, -0.2) is 17.7 Å². The van der Waals surface area contributed by atoms with Crippen molar-refractivity contribution in [3.8, 4) is 0 Å². The summed E-state index contributed by atoms with van der Waals surface area (Å²) in [6.07, 6.45) is 3.01. The van der Waals surface area contributed by atoms with E-state index in [-0.39, 0.29) is 11.9 Å². The maximum atomic E-state index is 12.1. The summed E-state index contributed by atoms with van der Waals surface area (Å²) in [4.78, 5) is 12.1. The van der Waals surface area contributed by atoms with Crippen LogP contribution in [0.3, 0.4) is 0 Å². The lowest BCUT2D eigenvalue weighted by molar-refractivity contribution is 0.0472. The molecular formula is C19H19ClO3. The summed E-state index contributed by atoms with van der Waals surface area (Å²) in [6, 6.07) is 14.8. The van der Waals surface area contributed by atoms with Crippen LogP contribution in [0.2, 0.25) is 0 Å². The van der Waals surface area contributed by atoms with Crippen molar-refractivity contribution in [2.45, 2.75) is 30.7 Å². The van der Waals surface area contributed by atoms with Gasteiger partial charge in [-0.25, -0.2) is 4.79 Å². The molecule has 2 atom stereocenters. The van der Waals surface area contributed by atoms with E-state index in [1.165, 1.54) is 11.1 Å². The zero-order valence-electron chi connectivity index (χ0n) is 12.7.